The Morgan fingerprint density at radius 2 is 2.24 bits per heavy atom. The second-order valence-electron chi connectivity index (χ2n) is 3.33. The SMILES string of the molecule is CC[C@@H](CO)NS(=O)(=O)c1ccsc1C(=O)O. The molecular formula is C9H13NO5S2. The second kappa shape index (κ2) is 5.58. The smallest absolute Gasteiger partial charge is 0.347 e. The molecule has 0 amide bonds. The van der Waals surface area contributed by atoms with E-state index >= 15 is 0 Å². The number of aliphatic hydroxyl groups excluding tert-OH is 1. The quantitative estimate of drug-likeness (QED) is 0.703. The minimum absolute atomic E-state index is 0.231. The van der Waals surface area contributed by atoms with Crippen LogP contribution in [0.15, 0.2) is 16.3 Å². The molecular weight excluding hydrogens is 266 g/mol. The number of hydrogen-bond acceptors (Lipinski definition) is 5. The van der Waals surface area contributed by atoms with Crippen LogP contribution in [0.5, 0.6) is 0 Å². The van der Waals surface area contributed by atoms with Crippen LogP contribution < -0.4 is 4.72 Å². The van der Waals surface area contributed by atoms with Gasteiger partial charge in [0.1, 0.15) is 9.77 Å². The Morgan fingerprint density at radius 1 is 1.59 bits per heavy atom. The number of thiophene rings is 1. The number of rotatable bonds is 6. The van der Waals surface area contributed by atoms with Crippen LogP contribution >= 0.6 is 11.3 Å². The Bertz CT molecular complexity index is 489. The first-order chi connectivity index (χ1) is 7.92. The maximum atomic E-state index is 11.9. The van der Waals surface area contributed by atoms with Crippen molar-refractivity contribution < 1.29 is 23.4 Å². The van der Waals surface area contributed by atoms with Crippen LogP contribution in [0, 0.1) is 0 Å². The van der Waals surface area contributed by atoms with Gasteiger partial charge in [-0.25, -0.2) is 17.9 Å². The molecule has 0 bridgehead atoms. The normalized spacial score (nSPS) is 13.5. The van der Waals surface area contributed by atoms with E-state index in [0.717, 1.165) is 11.3 Å². The van der Waals surface area contributed by atoms with Crippen LogP contribution in [-0.4, -0.2) is 37.2 Å². The van der Waals surface area contributed by atoms with E-state index < -0.39 is 22.0 Å². The largest absolute Gasteiger partial charge is 0.477 e. The van der Waals surface area contributed by atoms with E-state index in [1.807, 2.05) is 0 Å². The summed E-state index contributed by atoms with van der Waals surface area (Å²) < 4.78 is 26.0. The lowest BCUT2D eigenvalue weighted by Gasteiger charge is -2.13. The van der Waals surface area contributed by atoms with Gasteiger partial charge in [-0.1, -0.05) is 6.92 Å². The highest BCUT2D eigenvalue weighted by atomic mass is 32.2. The van der Waals surface area contributed by atoms with Gasteiger partial charge in [-0.2, -0.15) is 0 Å². The van der Waals surface area contributed by atoms with Crippen molar-refractivity contribution in [3.8, 4) is 0 Å². The Hall–Kier alpha value is -0.960. The Kier molecular flexibility index (Phi) is 4.63. The first-order valence-corrected chi connectivity index (χ1v) is 7.22. The lowest BCUT2D eigenvalue weighted by atomic mass is 10.3. The molecule has 0 aliphatic rings. The van der Waals surface area contributed by atoms with Crippen molar-refractivity contribution in [3.63, 3.8) is 0 Å². The van der Waals surface area contributed by atoms with Crippen LogP contribution in [0.3, 0.4) is 0 Å². The summed E-state index contributed by atoms with van der Waals surface area (Å²) in [5, 5.41) is 19.2. The zero-order chi connectivity index (χ0) is 13.1. The van der Waals surface area contributed by atoms with E-state index in [1.54, 1.807) is 6.92 Å². The number of carboxylic acid groups (broad SMARTS) is 1. The number of carbonyl (C=O) groups is 1. The number of carboxylic acids is 1. The molecule has 0 saturated carbocycles. The molecule has 17 heavy (non-hydrogen) atoms. The molecule has 96 valence electrons. The molecule has 6 nitrogen and oxygen atoms in total. The summed E-state index contributed by atoms with van der Waals surface area (Å²) in [7, 11) is -3.90. The van der Waals surface area contributed by atoms with Gasteiger partial charge in [-0.15, -0.1) is 11.3 Å². The first kappa shape index (κ1) is 14.1. The summed E-state index contributed by atoms with van der Waals surface area (Å²) in [6.45, 7) is 1.39. The van der Waals surface area contributed by atoms with Crippen LogP contribution in [0.2, 0.25) is 0 Å². The first-order valence-electron chi connectivity index (χ1n) is 4.86. The Balaban J connectivity index is 3.05. The zero-order valence-electron chi connectivity index (χ0n) is 9.08. The molecule has 0 aliphatic heterocycles. The zero-order valence-corrected chi connectivity index (χ0v) is 10.7. The number of aliphatic hydroxyl groups is 1. The maximum absolute atomic E-state index is 11.9. The highest BCUT2D eigenvalue weighted by molar-refractivity contribution is 7.89. The van der Waals surface area contributed by atoms with E-state index in [1.165, 1.54) is 11.4 Å². The van der Waals surface area contributed by atoms with Crippen LogP contribution in [-0.2, 0) is 10.0 Å². The molecule has 3 N–H and O–H groups in total. The molecule has 0 spiro atoms. The third-order valence-corrected chi connectivity index (χ3v) is 4.74. The highest BCUT2D eigenvalue weighted by Gasteiger charge is 2.25. The molecule has 1 aromatic heterocycles. The summed E-state index contributed by atoms with van der Waals surface area (Å²) in [5.74, 6) is -1.28. The standard InChI is InChI=1S/C9H13NO5S2/c1-2-6(5-11)10-17(14,15)7-3-4-16-8(7)9(12)13/h3-4,6,10-11H,2,5H2,1H3,(H,12,13)/t6-/m0/s1. The maximum Gasteiger partial charge on any atom is 0.347 e. The lowest BCUT2D eigenvalue weighted by molar-refractivity contribution is 0.0698. The summed E-state index contributed by atoms with van der Waals surface area (Å²) in [5.41, 5.74) is 0. The molecule has 1 aromatic rings. The van der Waals surface area contributed by atoms with Crippen molar-refractivity contribution in [2.75, 3.05) is 6.61 Å². The van der Waals surface area contributed by atoms with Gasteiger partial charge >= 0.3 is 5.97 Å². The number of sulfonamides is 1. The average Bonchev–Trinajstić information content (AvgIpc) is 2.75. The predicted molar refractivity (Wildman–Crippen MR) is 62.8 cm³/mol. The van der Waals surface area contributed by atoms with Crippen molar-refractivity contribution in [2.45, 2.75) is 24.3 Å². The van der Waals surface area contributed by atoms with Crippen molar-refractivity contribution in [3.05, 3.63) is 16.3 Å². The van der Waals surface area contributed by atoms with Crippen LogP contribution in [0.4, 0.5) is 0 Å². The lowest BCUT2D eigenvalue weighted by Crippen LogP contribution is -2.37. The highest BCUT2D eigenvalue weighted by Crippen LogP contribution is 2.22. The minimum atomic E-state index is -3.90. The van der Waals surface area contributed by atoms with Crippen molar-refractivity contribution in [2.24, 2.45) is 0 Å². The average molecular weight is 279 g/mol. The van der Waals surface area contributed by atoms with E-state index in [0.29, 0.717) is 6.42 Å². The van der Waals surface area contributed by atoms with Gasteiger partial charge < -0.3 is 10.2 Å². The van der Waals surface area contributed by atoms with Gasteiger partial charge in [0.25, 0.3) is 0 Å². The summed E-state index contributed by atoms with van der Waals surface area (Å²) in [6.07, 6.45) is 0.419. The fourth-order valence-electron chi connectivity index (χ4n) is 1.20. The number of nitrogens with one attached hydrogen (secondary N) is 1. The van der Waals surface area contributed by atoms with Gasteiger partial charge in [-0.05, 0) is 17.9 Å². The molecule has 0 fully saturated rings. The molecule has 8 heteroatoms. The van der Waals surface area contributed by atoms with Crippen molar-refractivity contribution in [1.29, 1.82) is 0 Å². The van der Waals surface area contributed by atoms with Crippen molar-refractivity contribution in [1.82, 2.24) is 4.72 Å². The second-order valence-corrected chi connectivity index (χ2v) is 5.93. The van der Waals surface area contributed by atoms with Gasteiger partial charge in [0.2, 0.25) is 10.0 Å². The topological polar surface area (TPSA) is 104 Å². The van der Waals surface area contributed by atoms with Gasteiger partial charge in [0.05, 0.1) is 6.61 Å². The fourth-order valence-corrected chi connectivity index (χ4v) is 3.77. The van der Waals surface area contributed by atoms with Gasteiger partial charge in [-0.3, -0.25) is 0 Å². The summed E-state index contributed by atoms with van der Waals surface area (Å²) in [6, 6.07) is 0.627. The fraction of sp³-hybridized carbons (Fsp3) is 0.444. The molecule has 1 atom stereocenters. The molecule has 0 unspecified atom stereocenters. The summed E-state index contributed by atoms with van der Waals surface area (Å²) in [4.78, 5) is 10.3. The number of aromatic carboxylic acids is 1. The van der Waals surface area contributed by atoms with Crippen LogP contribution in [0.25, 0.3) is 0 Å². The van der Waals surface area contributed by atoms with Gasteiger partial charge in [0, 0.05) is 6.04 Å². The monoisotopic (exact) mass is 279 g/mol. The molecule has 1 heterocycles. The predicted octanol–water partition coefficient (Wildman–Crippen LogP) is 0.495. The molecule has 0 aliphatic carbocycles. The van der Waals surface area contributed by atoms with E-state index in [9.17, 15) is 13.2 Å². The van der Waals surface area contributed by atoms with Crippen molar-refractivity contribution >= 4 is 27.3 Å². The van der Waals surface area contributed by atoms with E-state index in [-0.39, 0.29) is 16.4 Å². The molecule has 0 saturated heterocycles. The Morgan fingerprint density at radius 3 is 2.71 bits per heavy atom. The minimum Gasteiger partial charge on any atom is -0.477 e. The Labute approximate surface area is 103 Å². The third-order valence-electron chi connectivity index (χ3n) is 2.15. The molecule has 0 radical (unpaired) electrons. The van der Waals surface area contributed by atoms with Gasteiger partial charge in [0.15, 0.2) is 0 Å². The van der Waals surface area contributed by atoms with E-state index in [4.69, 9.17) is 10.2 Å². The van der Waals surface area contributed by atoms with E-state index in [2.05, 4.69) is 4.72 Å². The summed E-state index contributed by atoms with van der Waals surface area (Å²) >= 11 is 0.846. The van der Waals surface area contributed by atoms with Crippen LogP contribution in [0.1, 0.15) is 23.0 Å². The third kappa shape index (κ3) is 3.25. The molecule has 0 aromatic carbocycles. The molecule has 1 rings (SSSR count). The number of hydrogen-bond donors (Lipinski definition) is 3.